The normalized spacial score (nSPS) is 71.6. The minimum atomic E-state index is -3.71. The molecule has 96 valence electrons. The Kier molecular flexibility index (Phi) is 1.04. The first-order chi connectivity index (χ1) is 8.52. The second-order valence-electron chi connectivity index (χ2n) is 7.18. The van der Waals surface area contributed by atoms with Crippen LogP contribution >= 0.6 is 0 Å². The summed E-state index contributed by atoms with van der Waals surface area (Å²) in [7, 11) is 0. The molecule has 2 heterocycles. The predicted octanol–water partition coefficient (Wildman–Crippen LogP) is 1.23. The van der Waals surface area contributed by atoms with Crippen molar-refractivity contribution in [1.82, 2.24) is 0 Å². The van der Waals surface area contributed by atoms with Gasteiger partial charge in [0.25, 0.3) is 0 Å². The van der Waals surface area contributed by atoms with E-state index in [9.17, 15) is 13.6 Å². The number of rotatable bonds is 2. The van der Waals surface area contributed by atoms with Crippen LogP contribution in [0.5, 0.6) is 0 Å². The van der Waals surface area contributed by atoms with Crippen molar-refractivity contribution >= 4 is 5.97 Å². The minimum absolute atomic E-state index is 0.0380. The number of halogens is 2. The van der Waals surface area contributed by atoms with Gasteiger partial charge in [-0.3, -0.25) is 0 Å². The third-order valence-electron chi connectivity index (χ3n) is 7.46. The van der Waals surface area contributed by atoms with Crippen LogP contribution in [0, 0.1) is 47.3 Å². The van der Waals surface area contributed by atoms with E-state index in [1.807, 2.05) is 0 Å². The SMILES string of the molecule is O=C(O)C(F)(F)[C@@]12O[C@@H]3[C@@H]4[C@H]5[C@@H]6C[C@@H]([C@@H]5[C@@H]41)[C@@H]2[C@@H]63. The van der Waals surface area contributed by atoms with Crippen LogP contribution in [0.1, 0.15) is 6.42 Å². The van der Waals surface area contributed by atoms with E-state index in [0.29, 0.717) is 23.7 Å². The predicted molar refractivity (Wildman–Crippen MR) is 52.7 cm³/mol. The summed E-state index contributed by atoms with van der Waals surface area (Å²) >= 11 is 0. The molecular weight excluding hydrogens is 242 g/mol. The highest BCUT2D eigenvalue weighted by atomic mass is 19.3. The quantitative estimate of drug-likeness (QED) is 0.806. The molecule has 7 fully saturated rings. The standard InChI is InChI=1S/C13H12F2O3/c14-13(15,11(16)17)12-8-3-1-2-4-5(3)9(12)7(4)10(18-12)6(2)8/h2-10H,1H2,(H,16,17)/t2-,3-,4-,5-,6+,7+,8+,9-,10-,12-/m0/s1. The van der Waals surface area contributed by atoms with Gasteiger partial charge in [0, 0.05) is 11.8 Å². The Morgan fingerprint density at radius 1 is 1.17 bits per heavy atom. The molecule has 0 amide bonds. The van der Waals surface area contributed by atoms with Gasteiger partial charge in [-0.05, 0) is 41.9 Å². The van der Waals surface area contributed by atoms with Crippen LogP contribution in [-0.4, -0.2) is 28.7 Å². The maximum absolute atomic E-state index is 14.3. The maximum Gasteiger partial charge on any atom is 0.377 e. The van der Waals surface area contributed by atoms with E-state index < -0.39 is 17.5 Å². The summed E-state index contributed by atoms with van der Waals surface area (Å²) in [5, 5.41) is 8.95. The summed E-state index contributed by atoms with van der Waals surface area (Å²) < 4.78 is 34.4. The van der Waals surface area contributed by atoms with Crippen LogP contribution in [0.4, 0.5) is 8.78 Å². The van der Waals surface area contributed by atoms with Gasteiger partial charge < -0.3 is 9.84 Å². The van der Waals surface area contributed by atoms with Gasteiger partial charge in [0.15, 0.2) is 5.60 Å². The number of carboxylic acid groups (broad SMARTS) is 1. The number of hydrogen-bond donors (Lipinski definition) is 1. The smallest absolute Gasteiger partial charge is 0.377 e. The molecule has 0 aromatic rings. The molecule has 18 heavy (non-hydrogen) atoms. The maximum atomic E-state index is 14.3. The van der Waals surface area contributed by atoms with Crippen LogP contribution < -0.4 is 0 Å². The molecule has 5 aliphatic carbocycles. The summed E-state index contributed by atoms with van der Waals surface area (Å²) in [5.74, 6) is -3.63. The molecule has 5 saturated carbocycles. The molecular formula is C13H12F2O3. The van der Waals surface area contributed by atoms with Gasteiger partial charge in [-0.2, -0.15) is 8.78 Å². The van der Waals surface area contributed by atoms with Crippen molar-refractivity contribution in [2.75, 3.05) is 0 Å². The van der Waals surface area contributed by atoms with Gasteiger partial charge in [-0.25, -0.2) is 4.79 Å². The highest BCUT2D eigenvalue weighted by Crippen LogP contribution is 2.91. The van der Waals surface area contributed by atoms with E-state index >= 15 is 0 Å². The van der Waals surface area contributed by atoms with E-state index in [2.05, 4.69) is 0 Å². The minimum Gasteiger partial charge on any atom is -0.477 e. The van der Waals surface area contributed by atoms with Crippen molar-refractivity contribution in [1.29, 1.82) is 0 Å². The lowest BCUT2D eigenvalue weighted by Crippen LogP contribution is -2.61. The highest BCUT2D eigenvalue weighted by molar-refractivity contribution is 5.78. The first-order valence-electron chi connectivity index (χ1n) is 6.81. The van der Waals surface area contributed by atoms with Crippen molar-refractivity contribution in [2.24, 2.45) is 47.3 Å². The molecule has 0 radical (unpaired) electrons. The van der Waals surface area contributed by atoms with E-state index in [0.717, 1.165) is 6.42 Å². The first-order valence-corrected chi connectivity index (χ1v) is 6.81. The molecule has 0 unspecified atom stereocenters. The third kappa shape index (κ3) is 0.497. The second kappa shape index (κ2) is 2.03. The highest BCUT2D eigenvalue weighted by Gasteiger charge is 2.97. The van der Waals surface area contributed by atoms with Gasteiger partial charge in [0.1, 0.15) is 0 Å². The molecule has 4 bridgehead atoms. The van der Waals surface area contributed by atoms with Crippen molar-refractivity contribution in [3.63, 3.8) is 0 Å². The van der Waals surface area contributed by atoms with Gasteiger partial charge in [0.2, 0.25) is 0 Å². The van der Waals surface area contributed by atoms with Crippen LogP contribution in [0.3, 0.4) is 0 Å². The number of ether oxygens (including phenoxy) is 1. The van der Waals surface area contributed by atoms with Crippen molar-refractivity contribution in [3.8, 4) is 0 Å². The Labute approximate surface area is 101 Å². The molecule has 7 aliphatic rings. The van der Waals surface area contributed by atoms with Gasteiger partial charge in [-0.15, -0.1) is 0 Å². The van der Waals surface area contributed by atoms with Gasteiger partial charge in [0.05, 0.1) is 6.10 Å². The van der Waals surface area contributed by atoms with Crippen molar-refractivity contribution in [3.05, 3.63) is 0 Å². The Morgan fingerprint density at radius 2 is 1.94 bits per heavy atom. The molecule has 5 heteroatoms. The summed E-state index contributed by atoms with van der Waals surface area (Å²) in [4.78, 5) is 11.0. The van der Waals surface area contributed by atoms with Crippen LogP contribution in [-0.2, 0) is 9.53 Å². The molecule has 7 rings (SSSR count). The monoisotopic (exact) mass is 254 g/mol. The average Bonchev–Trinajstić information content (AvgIpc) is 2.86. The summed E-state index contributed by atoms with van der Waals surface area (Å²) in [6, 6.07) is 0. The lowest BCUT2D eigenvalue weighted by atomic mass is 9.56. The topological polar surface area (TPSA) is 46.5 Å². The van der Waals surface area contributed by atoms with Crippen LogP contribution in [0.2, 0.25) is 0 Å². The fourth-order valence-corrected chi connectivity index (χ4v) is 7.67. The average molecular weight is 254 g/mol. The van der Waals surface area contributed by atoms with Crippen molar-refractivity contribution in [2.45, 2.75) is 24.0 Å². The molecule has 3 nitrogen and oxygen atoms in total. The molecule has 1 N–H and O–H groups in total. The fraction of sp³-hybridized carbons (Fsp3) is 0.923. The van der Waals surface area contributed by atoms with Gasteiger partial charge in [-0.1, -0.05) is 0 Å². The zero-order valence-electron chi connectivity index (χ0n) is 9.42. The number of hydrogen-bond acceptors (Lipinski definition) is 2. The Bertz CT molecular complexity index is 524. The number of carbonyl (C=O) groups is 1. The zero-order chi connectivity index (χ0) is 12.2. The number of alkyl halides is 2. The number of carboxylic acids is 1. The van der Waals surface area contributed by atoms with Gasteiger partial charge >= 0.3 is 11.9 Å². The molecule has 0 aromatic heterocycles. The van der Waals surface area contributed by atoms with E-state index in [1.165, 1.54) is 0 Å². The summed E-state index contributed by atoms with van der Waals surface area (Å²) in [6.45, 7) is 0. The van der Waals surface area contributed by atoms with Crippen LogP contribution in [0.15, 0.2) is 0 Å². The van der Waals surface area contributed by atoms with Crippen LogP contribution in [0.25, 0.3) is 0 Å². The van der Waals surface area contributed by atoms with E-state index in [4.69, 9.17) is 9.84 Å². The molecule has 0 spiro atoms. The summed E-state index contributed by atoms with van der Waals surface area (Å²) in [6.07, 6.45) is 1.03. The molecule has 0 aromatic carbocycles. The summed E-state index contributed by atoms with van der Waals surface area (Å²) in [5.41, 5.74) is -1.63. The fourth-order valence-electron chi connectivity index (χ4n) is 7.67. The Morgan fingerprint density at radius 3 is 2.67 bits per heavy atom. The number of aliphatic carboxylic acids is 1. The molecule has 10 atom stereocenters. The lowest BCUT2D eigenvalue weighted by molar-refractivity contribution is -0.222. The third-order valence-corrected chi connectivity index (χ3v) is 7.46. The lowest BCUT2D eigenvalue weighted by Gasteiger charge is -2.46. The van der Waals surface area contributed by atoms with E-state index in [-0.39, 0.29) is 29.8 Å². The second-order valence-corrected chi connectivity index (χ2v) is 7.18. The zero-order valence-corrected chi connectivity index (χ0v) is 9.42. The Hall–Kier alpha value is -0.710. The van der Waals surface area contributed by atoms with E-state index in [1.54, 1.807) is 0 Å². The van der Waals surface area contributed by atoms with Crippen molar-refractivity contribution < 1.29 is 23.4 Å². The first kappa shape index (κ1) is 9.23. The largest absolute Gasteiger partial charge is 0.477 e. The molecule has 2 aliphatic heterocycles. The Balaban J connectivity index is 1.65. The molecule has 2 saturated heterocycles.